The third-order valence-corrected chi connectivity index (χ3v) is 5.65. The zero-order chi connectivity index (χ0) is 24.7. The second kappa shape index (κ2) is 11.3. The van der Waals surface area contributed by atoms with Crippen LogP contribution in [0.5, 0.6) is 0 Å². The predicted molar refractivity (Wildman–Crippen MR) is 135 cm³/mol. The Morgan fingerprint density at radius 2 is 1.68 bits per heavy atom. The first-order valence-electron chi connectivity index (χ1n) is 11.4. The van der Waals surface area contributed by atoms with E-state index in [-0.39, 0.29) is 23.6 Å². The van der Waals surface area contributed by atoms with Gasteiger partial charge in [-0.3, -0.25) is 14.4 Å². The number of hydrogen-bond donors (Lipinski definition) is 3. The number of amides is 3. The molecule has 0 radical (unpaired) electrons. The molecule has 0 aliphatic carbocycles. The fourth-order valence-electron chi connectivity index (χ4n) is 3.81. The molecule has 0 spiro atoms. The molecule has 178 valence electrons. The first kappa shape index (κ1) is 24.8. The van der Waals surface area contributed by atoms with Gasteiger partial charge in [-0.2, -0.15) is 0 Å². The van der Waals surface area contributed by atoms with Crippen molar-refractivity contribution in [3.8, 4) is 0 Å². The van der Waals surface area contributed by atoms with Gasteiger partial charge in [0.1, 0.15) is 12.1 Å². The number of likely N-dealkylation sites (N-methyl/N-ethyl adjacent to an activating group) is 1. The van der Waals surface area contributed by atoms with Crippen molar-refractivity contribution in [2.45, 2.75) is 39.3 Å². The number of aromatic amines is 1. The highest BCUT2D eigenvalue weighted by Gasteiger charge is 2.29. The van der Waals surface area contributed by atoms with E-state index in [0.29, 0.717) is 6.42 Å². The maximum atomic E-state index is 13.4. The summed E-state index contributed by atoms with van der Waals surface area (Å²) in [7, 11) is 1.67. The summed E-state index contributed by atoms with van der Waals surface area (Å²) in [5, 5.41) is 6.61. The number of carbonyl (C=O) groups excluding carboxylic acids is 3. The first-order chi connectivity index (χ1) is 16.3. The van der Waals surface area contributed by atoms with E-state index in [1.165, 1.54) is 11.8 Å². The van der Waals surface area contributed by atoms with Crippen LogP contribution in [-0.2, 0) is 20.8 Å². The van der Waals surface area contributed by atoms with Gasteiger partial charge in [0.2, 0.25) is 17.7 Å². The quantitative estimate of drug-likeness (QED) is 0.456. The summed E-state index contributed by atoms with van der Waals surface area (Å²) < 4.78 is 0. The van der Waals surface area contributed by atoms with Crippen LogP contribution in [0.15, 0.2) is 67.0 Å². The fraction of sp³-hybridized carbons (Fsp3) is 0.296. The SMILES string of the molecule is CC(=O)NC(C(=O)NC(Cc1ccccc1)C(=O)N(C)/C=C/c1c[nH]c2ccccc12)C(C)C. The van der Waals surface area contributed by atoms with Gasteiger partial charge in [0, 0.05) is 49.3 Å². The van der Waals surface area contributed by atoms with Crippen molar-refractivity contribution in [1.29, 1.82) is 0 Å². The normalized spacial score (nSPS) is 13.1. The van der Waals surface area contributed by atoms with Crippen molar-refractivity contribution in [2.75, 3.05) is 7.05 Å². The van der Waals surface area contributed by atoms with Gasteiger partial charge in [-0.25, -0.2) is 0 Å². The van der Waals surface area contributed by atoms with Crippen LogP contribution in [-0.4, -0.2) is 46.7 Å². The molecule has 0 aliphatic rings. The van der Waals surface area contributed by atoms with Crippen LogP contribution in [0.3, 0.4) is 0 Å². The summed E-state index contributed by atoms with van der Waals surface area (Å²) in [6, 6.07) is 16.0. The van der Waals surface area contributed by atoms with E-state index in [1.807, 2.05) is 80.7 Å². The number of para-hydroxylation sites is 1. The summed E-state index contributed by atoms with van der Waals surface area (Å²) >= 11 is 0. The van der Waals surface area contributed by atoms with Gasteiger partial charge >= 0.3 is 0 Å². The smallest absolute Gasteiger partial charge is 0.249 e. The molecule has 0 saturated heterocycles. The van der Waals surface area contributed by atoms with E-state index >= 15 is 0 Å². The number of benzene rings is 2. The lowest BCUT2D eigenvalue weighted by Crippen LogP contribution is -2.55. The molecule has 0 fully saturated rings. The number of nitrogens with zero attached hydrogens (tertiary/aromatic N) is 1. The Bertz CT molecular complexity index is 1170. The Hall–Kier alpha value is -3.87. The van der Waals surface area contributed by atoms with E-state index in [9.17, 15) is 14.4 Å². The molecule has 1 heterocycles. The zero-order valence-corrected chi connectivity index (χ0v) is 20.0. The van der Waals surface area contributed by atoms with E-state index in [2.05, 4.69) is 15.6 Å². The lowest BCUT2D eigenvalue weighted by Gasteiger charge is -2.26. The Morgan fingerprint density at radius 3 is 2.35 bits per heavy atom. The molecule has 0 saturated carbocycles. The Morgan fingerprint density at radius 1 is 1.00 bits per heavy atom. The summed E-state index contributed by atoms with van der Waals surface area (Å²) in [6.07, 6.45) is 5.80. The number of hydrogen-bond acceptors (Lipinski definition) is 3. The van der Waals surface area contributed by atoms with Crippen molar-refractivity contribution < 1.29 is 14.4 Å². The Kier molecular flexibility index (Phi) is 8.24. The van der Waals surface area contributed by atoms with Crippen LogP contribution in [0.25, 0.3) is 17.0 Å². The highest BCUT2D eigenvalue weighted by Crippen LogP contribution is 2.19. The lowest BCUT2D eigenvalue weighted by atomic mass is 10.0. The largest absolute Gasteiger partial charge is 0.361 e. The molecule has 2 unspecified atom stereocenters. The van der Waals surface area contributed by atoms with Gasteiger partial charge in [-0.1, -0.05) is 62.4 Å². The Balaban J connectivity index is 1.80. The molecule has 7 nitrogen and oxygen atoms in total. The number of H-pyrrole nitrogens is 1. The molecular weight excluding hydrogens is 428 g/mol. The molecule has 1 aromatic heterocycles. The van der Waals surface area contributed by atoms with Gasteiger partial charge in [0.05, 0.1) is 0 Å². The highest BCUT2D eigenvalue weighted by atomic mass is 16.2. The highest BCUT2D eigenvalue weighted by molar-refractivity contribution is 5.93. The summed E-state index contributed by atoms with van der Waals surface area (Å²) in [6.45, 7) is 5.08. The first-order valence-corrected chi connectivity index (χ1v) is 11.4. The monoisotopic (exact) mass is 460 g/mol. The number of nitrogens with one attached hydrogen (secondary N) is 3. The van der Waals surface area contributed by atoms with Crippen molar-refractivity contribution in [3.05, 3.63) is 78.1 Å². The Labute approximate surface area is 200 Å². The maximum Gasteiger partial charge on any atom is 0.249 e. The van der Waals surface area contributed by atoms with Crippen molar-refractivity contribution in [2.24, 2.45) is 5.92 Å². The predicted octanol–water partition coefficient (Wildman–Crippen LogP) is 3.49. The van der Waals surface area contributed by atoms with Gasteiger partial charge in [-0.05, 0) is 23.6 Å². The average Bonchev–Trinajstić information content (AvgIpc) is 3.23. The van der Waals surface area contributed by atoms with Gasteiger partial charge < -0.3 is 20.5 Å². The number of carbonyl (C=O) groups is 3. The van der Waals surface area contributed by atoms with E-state index in [1.54, 1.807) is 13.2 Å². The zero-order valence-electron chi connectivity index (χ0n) is 20.0. The van der Waals surface area contributed by atoms with Crippen LogP contribution < -0.4 is 10.6 Å². The molecule has 3 N–H and O–H groups in total. The third kappa shape index (κ3) is 6.34. The van der Waals surface area contributed by atoms with Crippen LogP contribution >= 0.6 is 0 Å². The molecule has 0 aliphatic heterocycles. The summed E-state index contributed by atoms with van der Waals surface area (Å²) in [5.74, 6) is -1.05. The van der Waals surface area contributed by atoms with Gasteiger partial charge in [-0.15, -0.1) is 0 Å². The second-order valence-corrected chi connectivity index (χ2v) is 8.73. The molecule has 3 rings (SSSR count). The minimum Gasteiger partial charge on any atom is -0.361 e. The molecule has 3 aromatic rings. The van der Waals surface area contributed by atoms with Crippen LogP contribution in [0.1, 0.15) is 31.9 Å². The second-order valence-electron chi connectivity index (χ2n) is 8.73. The van der Waals surface area contributed by atoms with E-state index < -0.39 is 12.1 Å². The average molecular weight is 461 g/mol. The van der Waals surface area contributed by atoms with E-state index in [4.69, 9.17) is 0 Å². The summed E-state index contributed by atoms with van der Waals surface area (Å²) in [4.78, 5) is 42.7. The molecule has 3 amide bonds. The molecular formula is C27H32N4O3. The van der Waals surface area contributed by atoms with Crippen molar-refractivity contribution in [1.82, 2.24) is 20.5 Å². The molecule has 34 heavy (non-hydrogen) atoms. The van der Waals surface area contributed by atoms with Crippen LogP contribution in [0.2, 0.25) is 0 Å². The topological polar surface area (TPSA) is 94.3 Å². The molecule has 2 atom stereocenters. The van der Waals surface area contributed by atoms with Crippen LogP contribution in [0.4, 0.5) is 0 Å². The number of aromatic nitrogens is 1. The van der Waals surface area contributed by atoms with Crippen molar-refractivity contribution in [3.63, 3.8) is 0 Å². The minimum absolute atomic E-state index is 0.129. The molecule has 2 aromatic carbocycles. The van der Waals surface area contributed by atoms with Gasteiger partial charge in [0.15, 0.2) is 0 Å². The minimum atomic E-state index is -0.789. The van der Waals surface area contributed by atoms with Crippen molar-refractivity contribution >= 4 is 34.7 Å². The maximum absolute atomic E-state index is 13.4. The molecule has 0 bridgehead atoms. The summed E-state index contributed by atoms with van der Waals surface area (Å²) in [5.41, 5.74) is 2.91. The van der Waals surface area contributed by atoms with E-state index in [0.717, 1.165) is 22.0 Å². The lowest BCUT2D eigenvalue weighted by molar-refractivity contribution is -0.135. The number of fused-ring (bicyclic) bond motifs is 1. The molecule has 7 heteroatoms. The van der Waals surface area contributed by atoms with Gasteiger partial charge in [0.25, 0.3) is 0 Å². The van der Waals surface area contributed by atoms with Crippen LogP contribution in [0, 0.1) is 5.92 Å². The fourth-order valence-corrected chi connectivity index (χ4v) is 3.81. The standard InChI is InChI=1S/C27H32N4O3/c1-18(2)25(29-19(3)32)26(33)30-24(16-20-10-6-5-7-11-20)27(34)31(4)15-14-21-17-28-23-13-9-8-12-22(21)23/h5-15,17-18,24-25,28H,16H2,1-4H3,(H,29,32)(H,30,33)/b15-14+. The number of rotatable bonds is 9. The third-order valence-electron chi connectivity index (χ3n) is 5.65.